The average molecular weight is 338 g/mol. The van der Waals surface area contributed by atoms with Gasteiger partial charge in [-0.1, -0.05) is 30.3 Å². The highest BCUT2D eigenvalue weighted by molar-refractivity contribution is 5.90. The lowest BCUT2D eigenvalue weighted by Crippen LogP contribution is -2.31. The Morgan fingerprint density at radius 1 is 1.08 bits per heavy atom. The van der Waals surface area contributed by atoms with Gasteiger partial charge in [-0.25, -0.2) is 4.79 Å². The molecule has 0 aliphatic heterocycles. The van der Waals surface area contributed by atoms with E-state index in [9.17, 15) is 18.0 Å². The lowest BCUT2D eigenvalue weighted by Gasteiger charge is -2.14. The minimum Gasteiger partial charge on any atom is -0.496 e. The molecule has 0 fully saturated rings. The monoisotopic (exact) mass is 338 g/mol. The number of urea groups is 1. The van der Waals surface area contributed by atoms with E-state index in [2.05, 4.69) is 10.6 Å². The number of hydrogen-bond donors (Lipinski definition) is 2. The van der Waals surface area contributed by atoms with Gasteiger partial charge in [0.1, 0.15) is 5.75 Å². The predicted octanol–water partition coefficient (Wildman–Crippen LogP) is 4.08. The van der Waals surface area contributed by atoms with E-state index >= 15 is 0 Å². The van der Waals surface area contributed by atoms with Crippen LogP contribution in [0.1, 0.15) is 11.1 Å². The van der Waals surface area contributed by atoms with Crippen LogP contribution in [-0.4, -0.2) is 19.7 Å². The number of carbonyl (C=O) groups is 1. The highest BCUT2D eigenvalue weighted by Gasteiger charge is 2.33. The Morgan fingerprint density at radius 3 is 2.46 bits per heavy atom. The molecule has 0 atom stereocenters. The second kappa shape index (κ2) is 7.72. The van der Waals surface area contributed by atoms with Gasteiger partial charge in [-0.3, -0.25) is 0 Å². The van der Waals surface area contributed by atoms with Gasteiger partial charge in [0, 0.05) is 6.54 Å². The third kappa shape index (κ3) is 4.65. The number of hydrogen-bond acceptors (Lipinski definition) is 2. The minimum atomic E-state index is -4.53. The number of carbonyl (C=O) groups excluding carboxylic acids is 1. The summed E-state index contributed by atoms with van der Waals surface area (Å²) >= 11 is 0. The van der Waals surface area contributed by atoms with Crippen molar-refractivity contribution >= 4 is 11.7 Å². The minimum absolute atomic E-state index is 0.264. The molecule has 2 aromatic rings. The molecular formula is C17H17F3N2O2. The van der Waals surface area contributed by atoms with Gasteiger partial charge in [0.2, 0.25) is 0 Å². The molecule has 0 aliphatic carbocycles. The van der Waals surface area contributed by atoms with Gasteiger partial charge in [0.05, 0.1) is 18.4 Å². The number of ether oxygens (including phenoxy) is 1. The van der Waals surface area contributed by atoms with E-state index in [1.165, 1.54) is 18.2 Å². The van der Waals surface area contributed by atoms with Crippen molar-refractivity contribution in [1.29, 1.82) is 0 Å². The van der Waals surface area contributed by atoms with E-state index in [0.29, 0.717) is 12.2 Å². The normalized spacial score (nSPS) is 11.0. The fourth-order valence-electron chi connectivity index (χ4n) is 2.23. The topological polar surface area (TPSA) is 50.4 Å². The molecule has 2 aromatic carbocycles. The van der Waals surface area contributed by atoms with Crippen LogP contribution in [0, 0.1) is 0 Å². The summed E-state index contributed by atoms with van der Waals surface area (Å²) in [6.07, 6.45) is -4.03. The van der Waals surface area contributed by atoms with E-state index in [4.69, 9.17) is 4.74 Å². The van der Waals surface area contributed by atoms with Crippen LogP contribution in [0.2, 0.25) is 0 Å². The van der Waals surface area contributed by atoms with Crippen molar-refractivity contribution in [2.75, 3.05) is 19.0 Å². The molecule has 2 N–H and O–H groups in total. The van der Waals surface area contributed by atoms with Crippen molar-refractivity contribution in [3.05, 3.63) is 59.7 Å². The average Bonchev–Trinajstić information content (AvgIpc) is 2.55. The molecule has 0 saturated carbocycles. The Balaban J connectivity index is 1.93. The van der Waals surface area contributed by atoms with Crippen LogP contribution in [0.5, 0.6) is 5.75 Å². The first-order valence-corrected chi connectivity index (χ1v) is 7.25. The van der Waals surface area contributed by atoms with Crippen LogP contribution in [-0.2, 0) is 12.6 Å². The van der Waals surface area contributed by atoms with Crippen molar-refractivity contribution in [1.82, 2.24) is 5.32 Å². The maximum absolute atomic E-state index is 12.9. The maximum Gasteiger partial charge on any atom is 0.418 e. The number of halogens is 3. The summed E-state index contributed by atoms with van der Waals surface area (Å²) in [7, 11) is 1.55. The van der Waals surface area contributed by atoms with Crippen LogP contribution in [0.4, 0.5) is 23.7 Å². The Kier molecular flexibility index (Phi) is 5.68. The summed E-state index contributed by atoms with van der Waals surface area (Å²) in [5, 5.41) is 4.77. The number of rotatable bonds is 5. The molecule has 4 nitrogen and oxygen atoms in total. The largest absolute Gasteiger partial charge is 0.496 e. The summed E-state index contributed by atoms with van der Waals surface area (Å²) in [6.45, 7) is 0.264. The SMILES string of the molecule is COc1ccccc1CCNC(=O)Nc1ccccc1C(F)(F)F. The highest BCUT2D eigenvalue weighted by atomic mass is 19.4. The van der Waals surface area contributed by atoms with Gasteiger partial charge in [-0.2, -0.15) is 13.2 Å². The van der Waals surface area contributed by atoms with Gasteiger partial charge in [0.15, 0.2) is 0 Å². The fraction of sp³-hybridized carbons (Fsp3) is 0.235. The van der Waals surface area contributed by atoms with Crippen molar-refractivity contribution in [3.63, 3.8) is 0 Å². The highest BCUT2D eigenvalue weighted by Crippen LogP contribution is 2.34. The predicted molar refractivity (Wildman–Crippen MR) is 85.2 cm³/mol. The molecule has 0 bridgehead atoms. The van der Waals surface area contributed by atoms with E-state index < -0.39 is 17.8 Å². The number of amides is 2. The second-order valence-electron chi connectivity index (χ2n) is 4.99. The molecule has 128 valence electrons. The Bertz CT molecular complexity index is 702. The molecule has 0 aliphatic rings. The second-order valence-corrected chi connectivity index (χ2v) is 4.99. The van der Waals surface area contributed by atoms with Crippen LogP contribution in [0.3, 0.4) is 0 Å². The standard InChI is InChI=1S/C17H17F3N2O2/c1-24-15-9-5-2-6-12(15)10-11-21-16(23)22-14-8-4-3-7-13(14)17(18,19)20/h2-9H,10-11H2,1H3,(H2,21,22,23). The van der Waals surface area contributed by atoms with Crippen LogP contribution in [0.15, 0.2) is 48.5 Å². The summed E-state index contributed by atoms with van der Waals surface area (Å²) in [5.41, 5.74) is -0.263. The number of para-hydroxylation sites is 2. The zero-order valence-corrected chi connectivity index (χ0v) is 13.0. The zero-order chi connectivity index (χ0) is 17.6. The number of alkyl halides is 3. The van der Waals surface area contributed by atoms with Gasteiger partial charge < -0.3 is 15.4 Å². The van der Waals surface area contributed by atoms with Crippen LogP contribution < -0.4 is 15.4 Å². The van der Waals surface area contributed by atoms with Crippen LogP contribution in [0.25, 0.3) is 0 Å². The molecular weight excluding hydrogens is 321 g/mol. The summed E-state index contributed by atoms with van der Waals surface area (Å²) in [5.74, 6) is 0.696. The molecule has 24 heavy (non-hydrogen) atoms. The molecule has 2 rings (SSSR count). The van der Waals surface area contributed by atoms with Crippen molar-refractivity contribution in [3.8, 4) is 5.75 Å². The molecule has 0 aromatic heterocycles. The molecule has 0 heterocycles. The first-order valence-electron chi connectivity index (χ1n) is 7.25. The number of nitrogens with one attached hydrogen (secondary N) is 2. The van der Waals surface area contributed by atoms with E-state index in [0.717, 1.165) is 11.6 Å². The number of methoxy groups -OCH3 is 1. The van der Waals surface area contributed by atoms with E-state index in [1.807, 2.05) is 18.2 Å². The Morgan fingerprint density at radius 2 is 1.75 bits per heavy atom. The van der Waals surface area contributed by atoms with E-state index in [-0.39, 0.29) is 12.2 Å². The molecule has 0 saturated heterocycles. The maximum atomic E-state index is 12.9. The van der Waals surface area contributed by atoms with Gasteiger partial charge in [-0.05, 0) is 30.2 Å². The lowest BCUT2D eigenvalue weighted by molar-refractivity contribution is -0.136. The van der Waals surface area contributed by atoms with Crippen molar-refractivity contribution in [2.45, 2.75) is 12.6 Å². The van der Waals surface area contributed by atoms with E-state index in [1.54, 1.807) is 13.2 Å². The first-order chi connectivity index (χ1) is 11.4. The summed E-state index contributed by atoms with van der Waals surface area (Å²) in [4.78, 5) is 11.8. The molecule has 7 heteroatoms. The third-order valence-electron chi connectivity index (χ3n) is 3.35. The van der Waals surface area contributed by atoms with Gasteiger partial charge in [0.25, 0.3) is 0 Å². The Hall–Kier alpha value is -2.70. The number of benzene rings is 2. The van der Waals surface area contributed by atoms with Crippen molar-refractivity contribution in [2.24, 2.45) is 0 Å². The number of anilines is 1. The smallest absolute Gasteiger partial charge is 0.418 e. The fourth-order valence-corrected chi connectivity index (χ4v) is 2.23. The summed E-state index contributed by atoms with van der Waals surface area (Å²) in [6, 6.07) is 11.5. The van der Waals surface area contributed by atoms with Gasteiger partial charge >= 0.3 is 12.2 Å². The Labute approximate surface area is 137 Å². The molecule has 2 amide bonds. The lowest BCUT2D eigenvalue weighted by atomic mass is 10.1. The quantitative estimate of drug-likeness (QED) is 0.863. The van der Waals surface area contributed by atoms with Crippen LogP contribution >= 0.6 is 0 Å². The molecule has 0 radical (unpaired) electrons. The zero-order valence-electron chi connectivity index (χ0n) is 13.0. The third-order valence-corrected chi connectivity index (χ3v) is 3.35. The molecule has 0 unspecified atom stereocenters. The molecule has 0 spiro atoms. The van der Waals surface area contributed by atoms with Gasteiger partial charge in [-0.15, -0.1) is 0 Å². The summed E-state index contributed by atoms with van der Waals surface area (Å²) < 4.78 is 43.8. The first kappa shape index (κ1) is 17.7. The van der Waals surface area contributed by atoms with Crippen molar-refractivity contribution < 1.29 is 22.7 Å².